The Balaban J connectivity index is 1.95. The topological polar surface area (TPSA) is 55.5 Å². The molecule has 0 aliphatic carbocycles. The van der Waals surface area contributed by atoms with Crippen LogP contribution >= 0.6 is 23.2 Å². The fourth-order valence-electron chi connectivity index (χ4n) is 2.68. The van der Waals surface area contributed by atoms with Crippen LogP contribution in [0.2, 0.25) is 10.0 Å². The van der Waals surface area contributed by atoms with Gasteiger partial charge in [0.25, 0.3) is 0 Å². The van der Waals surface area contributed by atoms with Gasteiger partial charge in [-0.2, -0.15) is 0 Å². The van der Waals surface area contributed by atoms with Gasteiger partial charge in [-0.1, -0.05) is 60.4 Å². The highest BCUT2D eigenvalue weighted by Gasteiger charge is 2.23. The molecule has 26 heavy (non-hydrogen) atoms. The van der Waals surface area contributed by atoms with E-state index >= 15 is 0 Å². The number of hydrogen-bond acceptors (Lipinski definition) is 4. The Labute approximate surface area is 162 Å². The molecule has 1 N–H and O–H groups in total. The van der Waals surface area contributed by atoms with Crippen LogP contribution in [0.5, 0.6) is 5.75 Å². The Hall–Kier alpha value is -2.01. The maximum Gasteiger partial charge on any atom is 0.146 e. The van der Waals surface area contributed by atoms with E-state index in [1.54, 1.807) is 18.2 Å². The molecular formula is C20H19Cl2NO3. The van der Waals surface area contributed by atoms with Crippen molar-refractivity contribution in [3.05, 3.63) is 69.4 Å². The van der Waals surface area contributed by atoms with Crippen molar-refractivity contribution in [1.82, 2.24) is 5.16 Å². The van der Waals surface area contributed by atoms with Crippen molar-refractivity contribution in [3.63, 3.8) is 0 Å². The quantitative estimate of drug-likeness (QED) is 0.572. The summed E-state index contributed by atoms with van der Waals surface area (Å²) in [6, 6.07) is 12.6. The number of benzene rings is 2. The molecule has 0 amide bonds. The Kier molecular flexibility index (Phi) is 5.87. The minimum atomic E-state index is -0.00141. The molecular weight excluding hydrogens is 373 g/mol. The van der Waals surface area contributed by atoms with Crippen molar-refractivity contribution in [2.45, 2.75) is 33.0 Å². The summed E-state index contributed by atoms with van der Waals surface area (Å²) in [4.78, 5) is 0. The molecule has 0 saturated heterocycles. The van der Waals surface area contributed by atoms with Gasteiger partial charge in [-0.05, 0) is 29.8 Å². The molecule has 2 aromatic carbocycles. The molecule has 3 aromatic rings. The van der Waals surface area contributed by atoms with Gasteiger partial charge in [0.2, 0.25) is 0 Å². The van der Waals surface area contributed by atoms with E-state index in [0.29, 0.717) is 27.1 Å². The second-order valence-electron chi connectivity index (χ2n) is 6.22. The molecule has 0 aliphatic heterocycles. The largest absolute Gasteiger partial charge is 0.489 e. The maximum absolute atomic E-state index is 9.13. The van der Waals surface area contributed by atoms with Crippen LogP contribution in [0.1, 0.15) is 36.7 Å². The number of ether oxygens (including phenoxy) is 1. The molecule has 0 spiro atoms. The van der Waals surface area contributed by atoms with Crippen LogP contribution < -0.4 is 4.74 Å². The average Bonchev–Trinajstić information content (AvgIpc) is 3.04. The van der Waals surface area contributed by atoms with Crippen molar-refractivity contribution >= 4 is 23.2 Å². The van der Waals surface area contributed by atoms with Crippen LogP contribution in [0.4, 0.5) is 0 Å². The molecule has 6 heteroatoms. The molecule has 0 bridgehead atoms. The van der Waals surface area contributed by atoms with E-state index in [-0.39, 0.29) is 19.1 Å². The third-order valence-electron chi connectivity index (χ3n) is 4.03. The van der Waals surface area contributed by atoms with Gasteiger partial charge >= 0.3 is 0 Å². The first-order valence-electron chi connectivity index (χ1n) is 8.26. The summed E-state index contributed by atoms with van der Waals surface area (Å²) in [5.41, 5.74) is 2.88. The van der Waals surface area contributed by atoms with Gasteiger partial charge in [0, 0.05) is 11.5 Å². The monoisotopic (exact) mass is 391 g/mol. The van der Waals surface area contributed by atoms with Crippen LogP contribution in [0.25, 0.3) is 11.3 Å². The minimum Gasteiger partial charge on any atom is -0.489 e. The SMILES string of the molecule is CC(C)c1onc(-c2c(Cl)cccc2Cl)c1COc1ccc(CO)cc1. The van der Waals surface area contributed by atoms with Crippen molar-refractivity contribution < 1.29 is 14.4 Å². The van der Waals surface area contributed by atoms with Crippen LogP contribution in [0.15, 0.2) is 47.0 Å². The van der Waals surface area contributed by atoms with Gasteiger partial charge in [-0.15, -0.1) is 0 Å². The van der Waals surface area contributed by atoms with Crippen molar-refractivity contribution in [2.24, 2.45) is 0 Å². The predicted molar refractivity (Wildman–Crippen MR) is 103 cm³/mol. The number of aliphatic hydroxyl groups is 1. The van der Waals surface area contributed by atoms with Crippen LogP contribution in [0.3, 0.4) is 0 Å². The molecule has 0 aliphatic rings. The highest BCUT2D eigenvalue weighted by atomic mass is 35.5. The van der Waals surface area contributed by atoms with Crippen molar-refractivity contribution in [3.8, 4) is 17.0 Å². The predicted octanol–water partition coefficient (Wildman–Crippen LogP) is 5.84. The average molecular weight is 392 g/mol. The van der Waals surface area contributed by atoms with E-state index in [9.17, 15) is 0 Å². The van der Waals surface area contributed by atoms with E-state index in [1.165, 1.54) is 0 Å². The number of aromatic nitrogens is 1. The second-order valence-corrected chi connectivity index (χ2v) is 7.03. The van der Waals surface area contributed by atoms with Gasteiger partial charge in [0.05, 0.1) is 22.2 Å². The molecule has 0 saturated carbocycles. The Morgan fingerprint density at radius 3 is 2.31 bits per heavy atom. The van der Waals surface area contributed by atoms with Gasteiger partial charge < -0.3 is 14.4 Å². The van der Waals surface area contributed by atoms with Crippen LogP contribution in [0, 0.1) is 0 Å². The molecule has 3 rings (SSSR count). The number of nitrogens with zero attached hydrogens (tertiary/aromatic N) is 1. The fourth-order valence-corrected chi connectivity index (χ4v) is 3.26. The Bertz CT molecular complexity index is 868. The highest BCUT2D eigenvalue weighted by molar-refractivity contribution is 6.39. The number of rotatable bonds is 6. The van der Waals surface area contributed by atoms with Crippen molar-refractivity contribution in [2.75, 3.05) is 0 Å². The van der Waals surface area contributed by atoms with Gasteiger partial charge in [-0.25, -0.2) is 0 Å². The lowest BCUT2D eigenvalue weighted by Crippen LogP contribution is -2.01. The van der Waals surface area contributed by atoms with E-state index in [1.807, 2.05) is 38.1 Å². The lowest BCUT2D eigenvalue weighted by molar-refractivity contribution is 0.280. The zero-order chi connectivity index (χ0) is 18.7. The minimum absolute atomic E-state index is 0.00141. The maximum atomic E-state index is 9.13. The highest BCUT2D eigenvalue weighted by Crippen LogP contribution is 2.38. The van der Waals surface area contributed by atoms with Crippen molar-refractivity contribution in [1.29, 1.82) is 0 Å². The molecule has 0 atom stereocenters. The molecule has 136 valence electrons. The third-order valence-corrected chi connectivity index (χ3v) is 4.66. The first-order chi connectivity index (χ1) is 12.5. The molecule has 0 radical (unpaired) electrons. The Morgan fingerprint density at radius 1 is 1.08 bits per heavy atom. The molecule has 0 unspecified atom stereocenters. The first-order valence-corrected chi connectivity index (χ1v) is 9.02. The standard InChI is InChI=1S/C20H19Cl2NO3/c1-12(2)20-15(11-25-14-8-6-13(10-24)7-9-14)19(23-26-20)18-16(21)4-3-5-17(18)22/h3-9,12,24H,10-11H2,1-2H3. The van der Waals surface area contributed by atoms with Gasteiger partial charge in [-0.3, -0.25) is 0 Å². The lowest BCUT2D eigenvalue weighted by Gasteiger charge is -2.11. The summed E-state index contributed by atoms with van der Waals surface area (Å²) in [7, 11) is 0. The molecule has 0 fully saturated rings. The molecule has 1 heterocycles. The molecule has 4 nitrogen and oxygen atoms in total. The zero-order valence-corrected chi connectivity index (χ0v) is 16.0. The smallest absolute Gasteiger partial charge is 0.146 e. The number of halogens is 2. The van der Waals surface area contributed by atoms with E-state index in [4.69, 9.17) is 37.6 Å². The summed E-state index contributed by atoms with van der Waals surface area (Å²) < 4.78 is 11.5. The normalized spacial score (nSPS) is 11.2. The zero-order valence-electron chi connectivity index (χ0n) is 14.5. The molecule has 1 aromatic heterocycles. The lowest BCUT2D eigenvalue weighted by atomic mass is 10.0. The Morgan fingerprint density at radius 2 is 1.73 bits per heavy atom. The second kappa shape index (κ2) is 8.12. The van der Waals surface area contributed by atoms with Gasteiger partial charge in [0.15, 0.2) is 0 Å². The third kappa shape index (κ3) is 3.88. The summed E-state index contributed by atoms with van der Waals surface area (Å²) in [5.74, 6) is 1.56. The van der Waals surface area contributed by atoms with Gasteiger partial charge in [0.1, 0.15) is 23.8 Å². The summed E-state index contributed by atoms with van der Waals surface area (Å²) >= 11 is 12.7. The number of aliphatic hydroxyl groups excluding tert-OH is 1. The van der Waals surface area contributed by atoms with Crippen LogP contribution in [-0.2, 0) is 13.2 Å². The summed E-state index contributed by atoms with van der Waals surface area (Å²) in [6.07, 6.45) is 0. The van der Waals surface area contributed by atoms with E-state index in [2.05, 4.69) is 5.16 Å². The van der Waals surface area contributed by atoms with E-state index < -0.39 is 0 Å². The fraction of sp³-hybridized carbons (Fsp3) is 0.250. The number of hydrogen-bond donors (Lipinski definition) is 1. The first kappa shape index (κ1) is 18.8. The van der Waals surface area contributed by atoms with E-state index in [0.717, 1.165) is 16.9 Å². The van der Waals surface area contributed by atoms with Crippen LogP contribution in [-0.4, -0.2) is 10.3 Å². The summed E-state index contributed by atoms with van der Waals surface area (Å²) in [5, 5.41) is 14.4. The summed E-state index contributed by atoms with van der Waals surface area (Å²) in [6.45, 7) is 4.32.